The molecule has 0 aliphatic carbocycles. The summed E-state index contributed by atoms with van der Waals surface area (Å²) >= 11 is 0. The Kier molecular flexibility index (Phi) is 25.4. The minimum atomic E-state index is -4.33. The Labute approximate surface area is 210 Å². The molecule has 4 nitrogen and oxygen atoms in total. The number of hydrogen-bond donors (Lipinski definition) is 1. The van der Waals surface area contributed by atoms with Gasteiger partial charge in [0.2, 0.25) is 0 Å². The molecule has 0 aliphatic heterocycles. The molecule has 0 spiro atoms. The molecule has 0 fully saturated rings. The van der Waals surface area contributed by atoms with Crippen LogP contribution in [0.5, 0.6) is 0 Å². The Balaban J connectivity index is 0. The van der Waals surface area contributed by atoms with Gasteiger partial charge in [-0.3, -0.25) is 0 Å². The molecule has 0 aromatic rings. The summed E-state index contributed by atoms with van der Waals surface area (Å²) in [6.45, 7) is 4.43. The quantitative estimate of drug-likeness (QED) is 0.151. The van der Waals surface area contributed by atoms with E-state index in [1.807, 2.05) is 0 Å². The van der Waals surface area contributed by atoms with Gasteiger partial charge in [0.15, 0.2) is 0 Å². The molecule has 0 aliphatic rings. The molecule has 0 aromatic carbocycles. The van der Waals surface area contributed by atoms with Gasteiger partial charge in [-0.15, -0.1) is 0 Å². The second kappa shape index (κ2) is 23.0. The van der Waals surface area contributed by atoms with Gasteiger partial charge in [0.05, 0.1) is 21.5 Å². The summed E-state index contributed by atoms with van der Waals surface area (Å²) in [5, 5.41) is 9.28. The SMILES string of the molecule is CCCCCCCCCCCC(CC(O)CCCCCCCCCC)S(=O)(=O)[O-].[Na+]. The van der Waals surface area contributed by atoms with Gasteiger partial charge in [-0.2, -0.15) is 0 Å². The van der Waals surface area contributed by atoms with Crippen molar-refractivity contribution in [2.24, 2.45) is 0 Å². The van der Waals surface area contributed by atoms with E-state index in [1.165, 1.54) is 77.0 Å². The Morgan fingerprint density at radius 3 is 1.33 bits per heavy atom. The van der Waals surface area contributed by atoms with Crippen LogP contribution in [0, 0.1) is 0 Å². The van der Waals surface area contributed by atoms with Crippen LogP contribution in [0.1, 0.15) is 142 Å². The van der Waals surface area contributed by atoms with Gasteiger partial charge in [0.1, 0.15) is 0 Å². The van der Waals surface area contributed by atoms with E-state index in [2.05, 4.69) is 13.8 Å². The van der Waals surface area contributed by atoms with Crippen molar-refractivity contribution in [3.8, 4) is 0 Å². The standard InChI is InChI=1S/C24H50O4S.Na/c1-3-5-7-9-11-13-15-17-19-21-24(29(26,27)28)22-23(25)20-18-16-14-12-10-8-6-4-2;/h23-25H,3-22H2,1-2H3,(H,26,27,28);/q;+1/p-1. The zero-order chi connectivity index (χ0) is 21.8. The summed E-state index contributed by atoms with van der Waals surface area (Å²) in [5.74, 6) is 0. The second-order valence-corrected chi connectivity index (χ2v) is 10.5. The molecule has 176 valence electrons. The van der Waals surface area contributed by atoms with E-state index in [9.17, 15) is 18.1 Å². The van der Waals surface area contributed by atoms with E-state index in [4.69, 9.17) is 0 Å². The third kappa shape index (κ3) is 22.1. The Morgan fingerprint density at radius 2 is 0.967 bits per heavy atom. The number of aliphatic hydroxyl groups is 1. The van der Waals surface area contributed by atoms with Crippen LogP contribution in [0.25, 0.3) is 0 Å². The first kappa shape index (κ1) is 33.0. The molecule has 0 amide bonds. The minimum Gasteiger partial charge on any atom is -0.748 e. The average molecular weight is 457 g/mol. The van der Waals surface area contributed by atoms with E-state index in [-0.39, 0.29) is 36.0 Å². The molecular weight excluding hydrogens is 407 g/mol. The maximum Gasteiger partial charge on any atom is 1.00 e. The summed E-state index contributed by atoms with van der Waals surface area (Å²) < 4.78 is 34.7. The molecule has 0 saturated heterocycles. The Bertz CT molecular complexity index is 442. The second-order valence-electron chi connectivity index (χ2n) is 8.88. The van der Waals surface area contributed by atoms with Crippen LogP contribution in [-0.4, -0.2) is 29.4 Å². The van der Waals surface area contributed by atoms with Crippen molar-refractivity contribution in [3.63, 3.8) is 0 Å². The van der Waals surface area contributed by atoms with Gasteiger partial charge in [0, 0.05) is 0 Å². The largest absolute Gasteiger partial charge is 1.00 e. The number of hydrogen-bond acceptors (Lipinski definition) is 4. The number of rotatable bonds is 22. The molecule has 0 saturated carbocycles. The van der Waals surface area contributed by atoms with Gasteiger partial charge in [0.25, 0.3) is 0 Å². The third-order valence-corrected chi connectivity index (χ3v) is 7.21. The van der Waals surface area contributed by atoms with Gasteiger partial charge < -0.3 is 9.66 Å². The predicted molar refractivity (Wildman–Crippen MR) is 123 cm³/mol. The molecule has 2 atom stereocenters. The number of unbranched alkanes of at least 4 members (excludes halogenated alkanes) is 15. The van der Waals surface area contributed by atoms with Crippen molar-refractivity contribution in [1.82, 2.24) is 0 Å². The van der Waals surface area contributed by atoms with E-state index >= 15 is 0 Å². The first-order chi connectivity index (χ1) is 13.9. The van der Waals surface area contributed by atoms with Gasteiger partial charge >= 0.3 is 29.6 Å². The van der Waals surface area contributed by atoms with Crippen LogP contribution in [0.3, 0.4) is 0 Å². The van der Waals surface area contributed by atoms with Crippen molar-refractivity contribution in [1.29, 1.82) is 0 Å². The summed E-state index contributed by atoms with van der Waals surface area (Å²) in [7, 11) is -4.33. The van der Waals surface area contributed by atoms with Gasteiger partial charge in [-0.05, 0) is 19.3 Å². The molecule has 0 aromatic heterocycles. The van der Waals surface area contributed by atoms with Crippen molar-refractivity contribution in [2.75, 3.05) is 0 Å². The molecule has 6 heteroatoms. The monoisotopic (exact) mass is 456 g/mol. The van der Waals surface area contributed by atoms with Crippen molar-refractivity contribution in [3.05, 3.63) is 0 Å². The fourth-order valence-electron chi connectivity index (χ4n) is 4.00. The predicted octanol–water partition coefficient (Wildman–Crippen LogP) is 4.11. The first-order valence-corrected chi connectivity index (χ1v) is 14.0. The molecule has 0 rings (SSSR count). The molecule has 0 radical (unpaired) electrons. The van der Waals surface area contributed by atoms with E-state index < -0.39 is 21.5 Å². The number of aliphatic hydroxyl groups excluding tert-OH is 1. The van der Waals surface area contributed by atoms with Crippen LogP contribution >= 0.6 is 0 Å². The molecular formula is C24H49NaO4S. The smallest absolute Gasteiger partial charge is 0.748 e. The van der Waals surface area contributed by atoms with Gasteiger partial charge in [-0.25, -0.2) is 8.42 Å². The molecule has 2 unspecified atom stereocenters. The van der Waals surface area contributed by atoms with E-state index in [0.717, 1.165) is 32.1 Å². The first-order valence-electron chi connectivity index (χ1n) is 12.5. The summed E-state index contributed by atoms with van der Waals surface area (Å²) in [5.41, 5.74) is 0. The minimum absolute atomic E-state index is 0. The van der Waals surface area contributed by atoms with Crippen LogP contribution in [-0.2, 0) is 10.1 Å². The topological polar surface area (TPSA) is 77.4 Å². The molecule has 30 heavy (non-hydrogen) atoms. The zero-order valence-electron chi connectivity index (χ0n) is 20.4. The maximum absolute atomic E-state index is 11.6. The van der Waals surface area contributed by atoms with Crippen LogP contribution in [0.15, 0.2) is 0 Å². The third-order valence-electron chi connectivity index (χ3n) is 5.96. The normalized spacial score (nSPS) is 13.7. The van der Waals surface area contributed by atoms with Crippen LogP contribution < -0.4 is 29.6 Å². The zero-order valence-corrected chi connectivity index (χ0v) is 23.2. The van der Waals surface area contributed by atoms with Crippen molar-refractivity contribution in [2.45, 2.75) is 154 Å². The van der Waals surface area contributed by atoms with E-state index in [0.29, 0.717) is 12.8 Å². The average Bonchev–Trinajstić information content (AvgIpc) is 2.67. The summed E-state index contributed by atoms with van der Waals surface area (Å²) in [6.07, 6.45) is 20.5. The maximum atomic E-state index is 11.6. The van der Waals surface area contributed by atoms with Gasteiger partial charge in [-0.1, -0.05) is 123 Å². The fourth-order valence-corrected chi connectivity index (χ4v) is 4.91. The van der Waals surface area contributed by atoms with E-state index in [1.54, 1.807) is 0 Å². The molecule has 0 heterocycles. The molecule has 0 bridgehead atoms. The Morgan fingerprint density at radius 1 is 0.633 bits per heavy atom. The summed E-state index contributed by atoms with van der Waals surface area (Å²) in [4.78, 5) is 0. The molecule has 1 N–H and O–H groups in total. The summed E-state index contributed by atoms with van der Waals surface area (Å²) in [6, 6.07) is 0. The Hall–Kier alpha value is 0.870. The van der Waals surface area contributed by atoms with Crippen molar-refractivity contribution >= 4 is 10.1 Å². The van der Waals surface area contributed by atoms with Crippen molar-refractivity contribution < 1.29 is 47.6 Å². The van der Waals surface area contributed by atoms with Crippen LogP contribution in [0.4, 0.5) is 0 Å². The van der Waals surface area contributed by atoms with Crippen LogP contribution in [0.2, 0.25) is 0 Å². The fraction of sp³-hybridized carbons (Fsp3) is 1.00.